The molecule has 1 aromatic heterocycles. The lowest BCUT2D eigenvalue weighted by Crippen LogP contribution is -2.10. The second-order valence-electron chi connectivity index (χ2n) is 6.03. The molecule has 3 rings (SSSR count). The summed E-state index contributed by atoms with van der Waals surface area (Å²) in [4.78, 5) is 12.3. The molecule has 0 atom stereocenters. The molecule has 0 N–H and O–H groups in total. The van der Waals surface area contributed by atoms with E-state index < -0.39 is 0 Å². The summed E-state index contributed by atoms with van der Waals surface area (Å²) in [6.45, 7) is 0. The average Bonchev–Trinajstić information content (AvgIpc) is 2.68. The zero-order chi connectivity index (χ0) is 13.8. The zero-order valence-corrected chi connectivity index (χ0v) is 12.8. The number of ketones is 1. The lowest BCUT2D eigenvalue weighted by molar-refractivity contribution is -0.119. The molecule has 1 aliphatic rings. The molecule has 0 amide bonds. The van der Waals surface area contributed by atoms with E-state index >= 15 is 0 Å². The van der Waals surface area contributed by atoms with Crippen LogP contribution in [0.25, 0.3) is 10.1 Å². The van der Waals surface area contributed by atoms with E-state index in [4.69, 9.17) is 0 Å². The predicted molar refractivity (Wildman–Crippen MR) is 86.3 cm³/mol. The Hall–Kier alpha value is -1.15. The Balaban J connectivity index is 1.63. The van der Waals surface area contributed by atoms with Gasteiger partial charge in [0.15, 0.2) is 0 Å². The number of hydrogen-bond acceptors (Lipinski definition) is 2. The molecule has 2 aromatic rings. The normalized spacial score (nSPS) is 17.2. The van der Waals surface area contributed by atoms with Gasteiger partial charge in [0.25, 0.3) is 0 Å². The van der Waals surface area contributed by atoms with Crippen LogP contribution in [-0.2, 0) is 11.2 Å². The number of carbonyl (C=O) groups is 1. The van der Waals surface area contributed by atoms with Crippen LogP contribution in [0.3, 0.4) is 0 Å². The van der Waals surface area contributed by atoms with E-state index in [0.29, 0.717) is 18.1 Å². The second-order valence-corrected chi connectivity index (χ2v) is 6.95. The van der Waals surface area contributed by atoms with Crippen LogP contribution in [0.1, 0.15) is 50.5 Å². The standard InChI is InChI=1S/C18H22OS/c19-16(11-14-7-3-1-2-4-8-14)12-15-13-20-18-10-6-5-9-17(15)18/h5-6,9-10,13-14H,1-4,7-8,11-12H2. The minimum Gasteiger partial charge on any atom is -0.299 e. The maximum absolute atomic E-state index is 12.3. The van der Waals surface area contributed by atoms with Gasteiger partial charge in [-0.3, -0.25) is 4.79 Å². The fourth-order valence-corrected chi connectivity index (χ4v) is 4.31. The van der Waals surface area contributed by atoms with Crippen molar-refractivity contribution in [1.82, 2.24) is 0 Å². The molecule has 1 aromatic carbocycles. The van der Waals surface area contributed by atoms with Gasteiger partial charge in [-0.1, -0.05) is 56.7 Å². The lowest BCUT2D eigenvalue weighted by Gasteiger charge is -2.12. The highest BCUT2D eigenvalue weighted by molar-refractivity contribution is 7.17. The third-order valence-corrected chi connectivity index (χ3v) is 5.45. The summed E-state index contributed by atoms with van der Waals surface area (Å²) in [5.41, 5.74) is 1.23. The van der Waals surface area contributed by atoms with E-state index in [1.54, 1.807) is 11.3 Å². The van der Waals surface area contributed by atoms with Gasteiger partial charge in [-0.15, -0.1) is 11.3 Å². The van der Waals surface area contributed by atoms with Crippen molar-refractivity contribution in [2.75, 3.05) is 0 Å². The summed E-state index contributed by atoms with van der Waals surface area (Å²) in [5, 5.41) is 3.43. The summed E-state index contributed by atoms with van der Waals surface area (Å²) < 4.78 is 1.30. The first-order valence-corrected chi connectivity index (χ1v) is 8.68. The minimum absolute atomic E-state index is 0.431. The van der Waals surface area contributed by atoms with Gasteiger partial charge in [0.2, 0.25) is 0 Å². The van der Waals surface area contributed by atoms with E-state index in [2.05, 4.69) is 29.6 Å². The summed E-state index contributed by atoms with van der Waals surface area (Å²) in [7, 11) is 0. The Labute approximate surface area is 125 Å². The van der Waals surface area contributed by atoms with Gasteiger partial charge in [0.05, 0.1) is 0 Å². The van der Waals surface area contributed by atoms with Crippen molar-refractivity contribution in [3.05, 3.63) is 35.2 Å². The lowest BCUT2D eigenvalue weighted by atomic mass is 9.92. The molecule has 1 saturated carbocycles. The van der Waals surface area contributed by atoms with E-state index in [0.717, 1.165) is 6.42 Å². The van der Waals surface area contributed by atoms with E-state index in [9.17, 15) is 4.79 Å². The van der Waals surface area contributed by atoms with Crippen molar-refractivity contribution >= 4 is 27.2 Å². The van der Waals surface area contributed by atoms with Crippen LogP contribution in [0, 0.1) is 5.92 Å². The van der Waals surface area contributed by atoms with E-state index in [1.807, 2.05) is 0 Å². The van der Waals surface area contributed by atoms with Crippen LogP contribution in [0.4, 0.5) is 0 Å². The van der Waals surface area contributed by atoms with Gasteiger partial charge < -0.3 is 0 Å². The number of benzene rings is 1. The van der Waals surface area contributed by atoms with Crippen molar-refractivity contribution in [3.8, 4) is 0 Å². The molecular formula is C18H22OS. The summed E-state index contributed by atoms with van der Waals surface area (Å²) in [6, 6.07) is 8.41. The van der Waals surface area contributed by atoms with Crippen LogP contribution in [0.2, 0.25) is 0 Å². The number of carbonyl (C=O) groups excluding carboxylic acids is 1. The van der Waals surface area contributed by atoms with Crippen molar-refractivity contribution in [2.24, 2.45) is 5.92 Å². The topological polar surface area (TPSA) is 17.1 Å². The highest BCUT2D eigenvalue weighted by atomic mass is 32.1. The first-order chi connectivity index (χ1) is 9.83. The monoisotopic (exact) mass is 286 g/mol. The SMILES string of the molecule is O=C(Cc1csc2ccccc12)CC1CCCCCC1. The molecule has 0 aliphatic heterocycles. The zero-order valence-electron chi connectivity index (χ0n) is 11.9. The molecule has 1 fully saturated rings. The molecule has 0 spiro atoms. The number of rotatable bonds is 4. The smallest absolute Gasteiger partial charge is 0.137 e. The maximum Gasteiger partial charge on any atom is 0.137 e. The van der Waals surface area contributed by atoms with Crippen molar-refractivity contribution in [1.29, 1.82) is 0 Å². The Bertz CT molecular complexity index is 576. The number of thiophene rings is 1. The Morgan fingerprint density at radius 2 is 1.85 bits per heavy atom. The summed E-state index contributed by atoms with van der Waals surface area (Å²) in [6.07, 6.45) is 9.30. The van der Waals surface area contributed by atoms with Gasteiger partial charge in [0, 0.05) is 17.5 Å². The van der Waals surface area contributed by atoms with Gasteiger partial charge in [-0.05, 0) is 28.3 Å². The fourth-order valence-electron chi connectivity index (χ4n) is 3.34. The van der Waals surface area contributed by atoms with Crippen molar-refractivity contribution < 1.29 is 4.79 Å². The first-order valence-electron chi connectivity index (χ1n) is 7.80. The van der Waals surface area contributed by atoms with Gasteiger partial charge in [-0.2, -0.15) is 0 Å². The third-order valence-electron chi connectivity index (χ3n) is 4.44. The van der Waals surface area contributed by atoms with Gasteiger partial charge in [-0.25, -0.2) is 0 Å². The highest BCUT2D eigenvalue weighted by Gasteiger charge is 2.17. The molecule has 0 unspecified atom stereocenters. The fraction of sp³-hybridized carbons (Fsp3) is 0.500. The van der Waals surface area contributed by atoms with Gasteiger partial charge >= 0.3 is 0 Å². The van der Waals surface area contributed by atoms with Crippen LogP contribution >= 0.6 is 11.3 Å². The van der Waals surface area contributed by atoms with Gasteiger partial charge in [0.1, 0.15) is 5.78 Å². The molecule has 1 aliphatic carbocycles. The number of hydrogen-bond donors (Lipinski definition) is 0. The molecule has 2 heteroatoms. The van der Waals surface area contributed by atoms with Crippen molar-refractivity contribution in [2.45, 2.75) is 51.4 Å². The third kappa shape index (κ3) is 3.29. The quantitative estimate of drug-likeness (QED) is 0.690. The molecule has 0 radical (unpaired) electrons. The molecule has 106 valence electrons. The molecule has 0 saturated heterocycles. The van der Waals surface area contributed by atoms with Crippen LogP contribution < -0.4 is 0 Å². The predicted octanol–water partition coefficient (Wildman–Crippen LogP) is 5.37. The average molecular weight is 286 g/mol. The molecule has 20 heavy (non-hydrogen) atoms. The molecule has 0 bridgehead atoms. The Morgan fingerprint density at radius 3 is 2.65 bits per heavy atom. The number of Topliss-reactive ketones (excluding diaryl/α,β-unsaturated/α-hetero) is 1. The Morgan fingerprint density at radius 1 is 1.10 bits per heavy atom. The molecule has 1 nitrogen and oxygen atoms in total. The van der Waals surface area contributed by atoms with E-state index in [-0.39, 0.29) is 0 Å². The minimum atomic E-state index is 0.431. The first kappa shape index (κ1) is 13.8. The maximum atomic E-state index is 12.3. The molecule has 1 heterocycles. The van der Waals surface area contributed by atoms with Crippen LogP contribution in [0.15, 0.2) is 29.6 Å². The molecular weight excluding hydrogens is 264 g/mol. The summed E-state index contributed by atoms with van der Waals surface area (Å²) in [5.74, 6) is 1.08. The van der Waals surface area contributed by atoms with E-state index in [1.165, 1.54) is 54.2 Å². The number of fused-ring (bicyclic) bond motifs is 1. The summed E-state index contributed by atoms with van der Waals surface area (Å²) >= 11 is 1.75. The largest absolute Gasteiger partial charge is 0.299 e. The van der Waals surface area contributed by atoms with Crippen molar-refractivity contribution in [3.63, 3.8) is 0 Å². The Kier molecular flexibility index (Phi) is 4.51. The highest BCUT2D eigenvalue weighted by Crippen LogP contribution is 2.29. The second kappa shape index (κ2) is 6.53. The van der Waals surface area contributed by atoms with Crippen LogP contribution in [0.5, 0.6) is 0 Å². The van der Waals surface area contributed by atoms with Crippen LogP contribution in [-0.4, -0.2) is 5.78 Å².